The van der Waals surface area contributed by atoms with Crippen molar-refractivity contribution in [3.63, 3.8) is 0 Å². The van der Waals surface area contributed by atoms with Crippen molar-refractivity contribution in [2.75, 3.05) is 33.5 Å². The van der Waals surface area contributed by atoms with Crippen LogP contribution in [0.1, 0.15) is 33.1 Å². The van der Waals surface area contributed by atoms with Crippen molar-refractivity contribution in [1.29, 1.82) is 0 Å². The Morgan fingerprint density at radius 2 is 2.05 bits per heavy atom. The van der Waals surface area contributed by atoms with Crippen molar-refractivity contribution in [2.45, 2.75) is 57.5 Å². The van der Waals surface area contributed by atoms with Crippen LogP contribution in [0.2, 0.25) is 0 Å². The van der Waals surface area contributed by atoms with Crippen molar-refractivity contribution in [1.82, 2.24) is 5.32 Å². The van der Waals surface area contributed by atoms with Gasteiger partial charge in [0, 0.05) is 19.7 Å². The highest BCUT2D eigenvalue weighted by atomic mass is 16.5. The quantitative estimate of drug-likeness (QED) is 0.581. The molecule has 3 atom stereocenters. The first kappa shape index (κ1) is 16.9. The van der Waals surface area contributed by atoms with Crippen LogP contribution in [0, 0.1) is 0 Å². The zero-order chi connectivity index (χ0) is 14.1. The maximum Gasteiger partial charge on any atom is 0.0897 e. The SMILES string of the molecule is COC1CCCC1NCC(O)COCCOC(C)C. The third kappa shape index (κ3) is 7.22. The first-order valence-corrected chi connectivity index (χ1v) is 7.27. The Bertz CT molecular complexity index is 225. The van der Waals surface area contributed by atoms with Crippen LogP contribution in [0.5, 0.6) is 0 Å². The fraction of sp³-hybridized carbons (Fsp3) is 1.00. The van der Waals surface area contributed by atoms with Gasteiger partial charge in [-0.2, -0.15) is 0 Å². The predicted octanol–water partition coefficient (Wildman–Crippen LogP) is 0.946. The zero-order valence-electron chi connectivity index (χ0n) is 12.4. The van der Waals surface area contributed by atoms with Gasteiger partial charge in [-0.1, -0.05) is 0 Å². The average molecular weight is 275 g/mol. The van der Waals surface area contributed by atoms with Gasteiger partial charge in [-0.15, -0.1) is 0 Å². The number of aliphatic hydroxyl groups is 1. The lowest BCUT2D eigenvalue weighted by molar-refractivity contribution is -0.0118. The van der Waals surface area contributed by atoms with E-state index < -0.39 is 6.10 Å². The van der Waals surface area contributed by atoms with E-state index in [-0.39, 0.29) is 12.2 Å². The van der Waals surface area contributed by atoms with E-state index in [1.165, 1.54) is 6.42 Å². The molecule has 0 bridgehead atoms. The lowest BCUT2D eigenvalue weighted by Gasteiger charge is -2.21. The summed E-state index contributed by atoms with van der Waals surface area (Å²) in [5, 5.41) is 13.2. The van der Waals surface area contributed by atoms with Crippen molar-refractivity contribution in [3.8, 4) is 0 Å². The molecule has 0 aromatic heterocycles. The minimum absolute atomic E-state index is 0.225. The molecule has 5 nitrogen and oxygen atoms in total. The predicted molar refractivity (Wildman–Crippen MR) is 74.4 cm³/mol. The molecule has 1 aliphatic carbocycles. The molecule has 0 spiro atoms. The lowest BCUT2D eigenvalue weighted by atomic mass is 10.2. The van der Waals surface area contributed by atoms with Crippen LogP contribution in [0.15, 0.2) is 0 Å². The molecule has 1 saturated carbocycles. The van der Waals surface area contributed by atoms with Gasteiger partial charge >= 0.3 is 0 Å². The molecule has 0 aliphatic heterocycles. The molecule has 5 heteroatoms. The van der Waals surface area contributed by atoms with Gasteiger partial charge in [0.25, 0.3) is 0 Å². The number of rotatable bonds is 10. The van der Waals surface area contributed by atoms with E-state index in [2.05, 4.69) is 5.32 Å². The number of hydrogen-bond donors (Lipinski definition) is 2. The fourth-order valence-electron chi connectivity index (χ4n) is 2.35. The van der Waals surface area contributed by atoms with Crippen molar-refractivity contribution in [2.24, 2.45) is 0 Å². The van der Waals surface area contributed by atoms with Crippen LogP contribution in [-0.4, -0.2) is 62.9 Å². The minimum Gasteiger partial charge on any atom is -0.389 e. The van der Waals surface area contributed by atoms with E-state index in [0.717, 1.165) is 12.8 Å². The Balaban J connectivity index is 2.00. The summed E-state index contributed by atoms with van der Waals surface area (Å²) >= 11 is 0. The second-order valence-corrected chi connectivity index (χ2v) is 5.37. The Labute approximate surface area is 116 Å². The fourth-order valence-corrected chi connectivity index (χ4v) is 2.35. The van der Waals surface area contributed by atoms with Gasteiger partial charge in [0.15, 0.2) is 0 Å². The number of hydrogen-bond acceptors (Lipinski definition) is 5. The molecule has 114 valence electrons. The average Bonchev–Trinajstić information content (AvgIpc) is 2.83. The standard InChI is InChI=1S/C14H29NO4/c1-11(2)19-8-7-18-10-12(16)9-15-13-5-4-6-14(13)17-3/h11-16H,4-10H2,1-3H3. The van der Waals surface area contributed by atoms with Crippen LogP contribution >= 0.6 is 0 Å². The molecule has 0 amide bonds. The van der Waals surface area contributed by atoms with E-state index in [4.69, 9.17) is 14.2 Å². The molecule has 2 N–H and O–H groups in total. The first-order valence-electron chi connectivity index (χ1n) is 7.27. The Morgan fingerprint density at radius 3 is 2.74 bits per heavy atom. The van der Waals surface area contributed by atoms with E-state index in [1.54, 1.807) is 7.11 Å². The molecule has 0 aromatic rings. The van der Waals surface area contributed by atoms with Gasteiger partial charge in [-0.05, 0) is 33.1 Å². The normalized spacial score (nSPS) is 25.1. The summed E-state index contributed by atoms with van der Waals surface area (Å²) in [6, 6.07) is 0.365. The van der Waals surface area contributed by atoms with Gasteiger partial charge in [-0.25, -0.2) is 0 Å². The van der Waals surface area contributed by atoms with Gasteiger partial charge in [0.05, 0.1) is 38.1 Å². The highest BCUT2D eigenvalue weighted by Gasteiger charge is 2.26. The van der Waals surface area contributed by atoms with Crippen LogP contribution < -0.4 is 5.32 Å². The van der Waals surface area contributed by atoms with Gasteiger partial charge in [0.2, 0.25) is 0 Å². The molecule has 0 aromatic carbocycles. The number of nitrogens with one attached hydrogen (secondary N) is 1. The minimum atomic E-state index is -0.475. The van der Waals surface area contributed by atoms with Gasteiger partial charge in [0.1, 0.15) is 0 Å². The largest absolute Gasteiger partial charge is 0.389 e. The Morgan fingerprint density at radius 1 is 1.26 bits per heavy atom. The molecule has 0 heterocycles. The summed E-state index contributed by atoms with van der Waals surface area (Å²) in [5.74, 6) is 0. The number of methoxy groups -OCH3 is 1. The van der Waals surface area contributed by atoms with Gasteiger partial charge < -0.3 is 24.6 Å². The highest BCUT2D eigenvalue weighted by molar-refractivity contribution is 4.84. The van der Waals surface area contributed by atoms with Crippen LogP contribution in [0.25, 0.3) is 0 Å². The van der Waals surface area contributed by atoms with Gasteiger partial charge in [-0.3, -0.25) is 0 Å². The van der Waals surface area contributed by atoms with E-state index >= 15 is 0 Å². The summed E-state index contributed by atoms with van der Waals surface area (Å²) in [6.45, 7) is 5.99. The van der Waals surface area contributed by atoms with E-state index in [1.807, 2.05) is 13.8 Å². The molecule has 19 heavy (non-hydrogen) atoms. The third-order valence-electron chi connectivity index (χ3n) is 3.36. The molecule has 0 saturated heterocycles. The summed E-state index contributed by atoms with van der Waals surface area (Å²) in [7, 11) is 1.75. The lowest BCUT2D eigenvalue weighted by Crippen LogP contribution is -2.42. The van der Waals surface area contributed by atoms with Crippen molar-refractivity contribution in [3.05, 3.63) is 0 Å². The molecular formula is C14H29NO4. The molecule has 3 unspecified atom stereocenters. The van der Waals surface area contributed by atoms with E-state index in [9.17, 15) is 5.11 Å². The smallest absolute Gasteiger partial charge is 0.0897 e. The van der Waals surface area contributed by atoms with Crippen LogP contribution in [0.3, 0.4) is 0 Å². The third-order valence-corrected chi connectivity index (χ3v) is 3.36. The zero-order valence-corrected chi connectivity index (χ0v) is 12.4. The van der Waals surface area contributed by atoms with Crippen LogP contribution in [0.4, 0.5) is 0 Å². The highest BCUT2D eigenvalue weighted by Crippen LogP contribution is 2.21. The van der Waals surface area contributed by atoms with E-state index in [0.29, 0.717) is 32.4 Å². The summed E-state index contributed by atoms with van der Waals surface area (Å²) < 4.78 is 16.1. The maximum atomic E-state index is 9.81. The Kier molecular flexibility index (Phi) is 8.57. The monoisotopic (exact) mass is 275 g/mol. The Hall–Kier alpha value is -0.200. The second-order valence-electron chi connectivity index (χ2n) is 5.37. The van der Waals surface area contributed by atoms with Crippen LogP contribution in [-0.2, 0) is 14.2 Å². The maximum absolute atomic E-state index is 9.81. The summed E-state index contributed by atoms with van der Waals surface area (Å²) in [4.78, 5) is 0. The topological polar surface area (TPSA) is 60.0 Å². The first-order chi connectivity index (χ1) is 9.13. The summed E-state index contributed by atoms with van der Waals surface area (Å²) in [5.41, 5.74) is 0. The number of aliphatic hydroxyl groups excluding tert-OH is 1. The molecule has 1 aliphatic rings. The second kappa shape index (κ2) is 9.66. The molecule has 1 rings (SSSR count). The molecule has 1 fully saturated rings. The number of ether oxygens (including phenoxy) is 3. The molecule has 0 radical (unpaired) electrons. The van der Waals surface area contributed by atoms with Crippen molar-refractivity contribution < 1.29 is 19.3 Å². The molecular weight excluding hydrogens is 246 g/mol. The van der Waals surface area contributed by atoms with Crippen molar-refractivity contribution >= 4 is 0 Å². The summed E-state index contributed by atoms with van der Waals surface area (Å²) in [6.07, 6.45) is 3.45.